The van der Waals surface area contributed by atoms with Crippen LogP contribution < -0.4 is 9.47 Å². The molecule has 8 heteroatoms. The van der Waals surface area contributed by atoms with Gasteiger partial charge in [0.2, 0.25) is 0 Å². The molecule has 0 saturated carbocycles. The highest BCUT2D eigenvalue weighted by molar-refractivity contribution is 5.36. The zero-order valence-corrected chi connectivity index (χ0v) is 11.8. The van der Waals surface area contributed by atoms with Crippen molar-refractivity contribution in [2.24, 2.45) is 0 Å². The first-order valence-corrected chi connectivity index (χ1v) is 6.41. The van der Waals surface area contributed by atoms with Crippen LogP contribution in [0.3, 0.4) is 0 Å². The second-order valence-corrected chi connectivity index (χ2v) is 4.58. The molecule has 4 nitrogen and oxygen atoms in total. The van der Waals surface area contributed by atoms with Gasteiger partial charge in [0, 0.05) is 11.1 Å². The number of ether oxygens (including phenoxy) is 2. The Labute approximate surface area is 134 Å². The lowest BCUT2D eigenvalue weighted by Gasteiger charge is -2.27. The Morgan fingerprint density at radius 2 is 0.917 bits per heavy atom. The minimum absolute atomic E-state index is 0.0432. The number of nitriles is 2. The van der Waals surface area contributed by atoms with Crippen LogP contribution in [0.5, 0.6) is 11.5 Å². The fourth-order valence-electron chi connectivity index (χ4n) is 1.93. The second-order valence-electron chi connectivity index (χ2n) is 4.58. The van der Waals surface area contributed by atoms with E-state index in [1.165, 1.54) is 12.5 Å². The van der Waals surface area contributed by atoms with E-state index in [1.807, 2.05) is 0 Å². The topological polar surface area (TPSA) is 66.0 Å². The van der Waals surface area contributed by atoms with E-state index in [0.717, 1.165) is 48.5 Å². The summed E-state index contributed by atoms with van der Waals surface area (Å²) in [5, 5.41) is 16.6. The van der Waals surface area contributed by atoms with Crippen molar-refractivity contribution in [3.63, 3.8) is 0 Å². The van der Waals surface area contributed by atoms with Crippen LogP contribution in [0.15, 0.2) is 48.5 Å². The van der Waals surface area contributed by atoms with Gasteiger partial charge < -0.3 is 9.47 Å². The minimum Gasteiger partial charge on any atom is -0.388 e. The van der Waals surface area contributed by atoms with Gasteiger partial charge in [-0.25, -0.2) is 0 Å². The molecule has 0 aliphatic heterocycles. The molecule has 0 aromatic heterocycles. The predicted molar refractivity (Wildman–Crippen MR) is 73.2 cm³/mol. The Bertz CT molecular complexity index is 721. The van der Waals surface area contributed by atoms with Crippen molar-refractivity contribution < 1.29 is 27.0 Å². The van der Waals surface area contributed by atoms with Crippen molar-refractivity contribution in [3.05, 3.63) is 59.7 Å². The maximum absolute atomic E-state index is 14.2. The molecule has 2 rings (SSSR count). The van der Waals surface area contributed by atoms with Gasteiger partial charge in [0.1, 0.15) is 11.5 Å². The highest BCUT2D eigenvalue weighted by Crippen LogP contribution is 2.49. The molecular weight excluding hydrogens is 328 g/mol. The number of rotatable bonds is 5. The number of hydrogen-bond donors (Lipinski definition) is 0. The Balaban J connectivity index is 2.34. The smallest absolute Gasteiger partial charge is 0.339 e. The fourth-order valence-corrected chi connectivity index (χ4v) is 1.93. The summed E-state index contributed by atoms with van der Waals surface area (Å²) < 4.78 is 65.8. The van der Waals surface area contributed by atoms with Gasteiger partial charge >= 0.3 is 11.8 Å². The quantitative estimate of drug-likeness (QED) is 0.603. The van der Waals surface area contributed by atoms with Crippen LogP contribution in [0, 0.1) is 23.0 Å². The molecule has 0 fully saturated rings. The summed E-state index contributed by atoms with van der Waals surface area (Å²) in [5.74, 6) is -9.09. The number of alkyl halides is 4. The van der Waals surface area contributed by atoms with Gasteiger partial charge in [0.15, 0.2) is 0 Å². The summed E-state index contributed by atoms with van der Waals surface area (Å²) >= 11 is 0. The van der Waals surface area contributed by atoms with Crippen LogP contribution >= 0.6 is 0 Å². The average Bonchev–Trinajstić information content (AvgIpc) is 2.56. The summed E-state index contributed by atoms with van der Waals surface area (Å²) in [4.78, 5) is 0. The largest absolute Gasteiger partial charge is 0.388 e. The lowest BCUT2D eigenvalue weighted by atomic mass is 9.96. The monoisotopic (exact) mass is 336 g/mol. The van der Waals surface area contributed by atoms with E-state index < -0.39 is 23.0 Å². The lowest BCUT2D eigenvalue weighted by Crippen LogP contribution is -2.35. The molecule has 0 aliphatic rings. The Hall–Kier alpha value is -3.26. The highest BCUT2D eigenvalue weighted by atomic mass is 19.3. The number of nitrogens with zero attached hydrogens (tertiary/aromatic N) is 2. The normalized spacial score (nSPS) is 11.2. The zero-order chi connectivity index (χ0) is 17.8. The SMILES string of the molecule is N#COc1ccc(C(F)(F)C(F)(F)c2ccc(OC#N)cc2)cc1. The first-order valence-electron chi connectivity index (χ1n) is 6.41. The van der Waals surface area contributed by atoms with Crippen LogP contribution in [-0.4, -0.2) is 0 Å². The third-order valence-corrected chi connectivity index (χ3v) is 3.16. The van der Waals surface area contributed by atoms with Crippen LogP contribution in [0.4, 0.5) is 17.6 Å². The predicted octanol–water partition coefficient (Wildman–Crippen LogP) is 4.29. The van der Waals surface area contributed by atoms with Crippen molar-refractivity contribution in [1.29, 1.82) is 10.5 Å². The third-order valence-electron chi connectivity index (χ3n) is 3.16. The summed E-state index contributed by atoms with van der Waals surface area (Å²) in [7, 11) is 0. The molecule has 0 radical (unpaired) electrons. The molecule has 0 amide bonds. The molecule has 0 aliphatic carbocycles. The van der Waals surface area contributed by atoms with E-state index >= 15 is 0 Å². The number of benzene rings is 2. The van der Waals surface area contributed by atoms with Crippen LogP contribution in [0.2, 0.25) is 0 Å². The number of hydrogen-bond acceptors (Lipinski definition) is 4. The lowest BCUT2D eigenvalue weighted by molar-refractivity contribution is -0.223. The van der Waals surface area contributed by atoms with Gasteiger partial charge in [0.05, 0.1) is 0 Å². The summed E-state index contributed by atoms with van der Waals surface area (Å²) in [6.07, 6.45) is 2.69. The van der Waals surface area contributed by atoms with Crippen molar-refractivity contribution in [2.75, 3.05) is 0 Å². The molecule has 24 heavy (non-hydrogen) atoms. The van der Waals surface area contributed by atoms with E-state index in [2.05, 4.69) is 9.47 Å². The molecule has 0 spiro atoms. The second kappa shape index (κ2) is 6.47. The molecule has 0 unspecified atom stereocenters. The standard InChI is InChI=1S/C16H8F4N2O2/c17-15(18,11-1-5-13(6-2-11)23-9-21)16(19,20)12-3-7-14(8-4-12)24-10-22/h1-8H. The summed E-state index contributed by atoms with van der Waals surface area (Å²) in [5.41, 5.74) is -1.87. The molecule has 0 saturated heterocycles. The van der Waals surface area contributed by atoms with E-state index in [0.29, 0.717) is 0 Å². The molecule has 0 atom stereocenters. The van der Waals surface area contributed by atoms with Crippen LogP contribution in [-0.2, 0) is 11.8 Å². The van der Waals surface area contributed by atoms with Gasteiger partial charge in [-0.15, -0.1) is 10.5 Å². The Kier molecular flexibility index (Phi) is 4.61. The fraction of sp³-hybridized carbons (Fsp3) is 0.125. The van der Waals surface area contributed by atoms with E-state index in [9.17, 15) is 17.6 Å². The average molecular weight is 336 g/mol. The first kappa shape index (κ1) is 17.1. The molecule has 0 bridgehead atoms. The Morgan fingerprint density at radius 3 is 1.17 bits per heavy atom. The molecular formula is C16H8F4N2O2. The molecule has 122 valence electrons. The van der Waals surface area contributed by atoms with Gasteiger partial charge in [-0.1, -0.05) is 0 Å². The summed E-state index contributed by atoms with van der Waals surface area (Å²) in [6.45, 7) is 0. The molecule has 0 heterocycles. The first-order chi connectivity index (χ1) is 11.3. The van der Waals surface area contributed by atoms with E-state index in [4.69, 9.17) is 10.5 Å². The van der Waals surface area contributed by atoms with Crippen LogP contribution in [0.25, 0.3) is 0 Å². The van der Waals surface area contributed by atoms with Crippen LogP contribution in [0.1, 0.15) is 11.1 Å². The van der Waals surface area contributed by atoms with Crippen molar-refractivity contribution >= 4 is 0 Å². The summed E-state index contributed by atoms with van der Waals surface area (Å²) in [6, 6.07) is 7.00. The van der Waals surface area contributed by atoms with Crippen molar-refractivity contribution in [2.45, 2.75) is 11.8 Å². The van der Waals surface area contributed by atoms with Crippen molar-refractivity contribution in [1.82, 2.24) is 0 Å². The molecule has 0 N–H and O–H groups in total. The number of halogens is 4. The maximum Gasteiger partial charge on any atom is 0.339 e. The van der Waals surface area contributed by atoms with Crippen molar-refractivity contribution in [3.8, 4) is 24.0 Å². The van der Waals surface area contributed by atoms with E-state index in [1.54, 1.807) is 0 Å². The zero-order valence-electron chi connectivity index (χ0n) is 11.8. The minimum atomic E-state index is -4.50. The van der Waals surface area contributed by atoms with Gasteiger partial charge in [-0.05, 0) is 48.5 Å². The van der Waals surface area contributed by atoms with Gasteiger partial charge in [-0.2, -0.15) is 17.6 Å². The highest BCUT2D eigenvalue weighted by Gasteiger charge is 2.58. The van der Waals surface area contributed by atoms with Gasteiger partial charge in [-0.3, -0.25) is 0 Å². The third kappa shape index (κ3) is 3.08. The Morgan fingerprint density at radius 1 is 0.625 bits per heavy atom. The molecule has 2 aromatic carbocycles. The van der Waals surface area contributed by atoms with E-state index in [-0.39, 0.29) is 11.5 Å². The maximum atomic E-state index is 14.2. The molecule has 2 aromatic rings. The van der Waals surface area contributed by atoms with Gasteiger partial charge in [0.25, 0.3) is 12.5 Å².